The number of hydrogen-bond acceptors (Lipinski definition) is 0. The molecule has 0 bridgehead atoms. The van der Waals surface area contributed by atoms with Crippen molar-refractivity contribution in [1.82, 2.24) is 0 Å². The summed E-state index contributed by atoms with van der Waals surface area (Å²) in [7, 11) is 0. The summed E-state index contributed by atoms with van der Waals surface area (Å²) in [6.07, 6.45) is 0. The van der Waals surface area contributed by atoms with E-state index in [0.29, 0.717) is 0 Å². The molecule has 32 heavy (non-hydrogen) atoms. The molecule has 5 aromatic rings. The molecule has 0 aliphatic heterocycles. The summed E-state index contributed by atoms with van der Waals surface area (Å²) in [5.41, 5.74) is 5.10. The van der Waals surface area contributed by atoms with Gasteiger partial charge in [-0.15, -0.1) is 0 Å². The predicted molar refractivity (Wildman–Crippen MR) is 144 cm³/mol. The summed E-state index contributed by atoms with van der Waals surface area (Å²) in [4.78, 5) is 0. The lowest BCUT2D eigenvalue weighted by atomic mass is 10.0. The summed E-state index contributed by atoms with van der Waals surface area (Å²) < 4.78 is 0. The van der Waals surface area contributed by atoms with Gasteiger partial charge in [0.25, 0.3) is 0 Å². The Hall–Kier alpha value is -3.64. The van der Waals surface area contributed by atoms with E-state index in [1.54, 1.807) is 0 Å². The molecule has 0 atom stereocenters. The van der Waals surface area contributed by atoms with Crippen molar-refractivity contribution in [2.45, 2.75) is 27.7 Å². The summed E-state index contributed by atoms with van der Waals surface area (Å²) >= 11 is 0. The third-order valence-corrected chi connectivity index (χ3v) is 4.74. The fraction of sp³-hybridized carbons (Fsp3) is 0.125. The maximum Gasteiger partial charge on any atom is -0.0178 e. The first kappa shape index (κ1) is 24.6. The molecule has 0 heterocycles. The normalized spacial score (nSPS) is 9.25. The van der Waals surface area contributed by atoms with Crippen LogP contribution in [-0.2, 0) is 0 Å². The van der Waals surface area contributed by atoms with Gasteiger partial charge in [-0.2, -0.15) is 0 Å². The van der Waals surface area contributed by atoms with Crippen LogP contribution in [0.4, 0.5) is 0 Å². The second kappa shape index (κ2) is 14.4. The Bertz CT molecular complexity index is 1090. The van der Waals surface area contributed by atoms with Crippen LogP contribution in [0.1, 0.15) is 27.7 Å². The smallest absolute Gasteiger partial charge is 0.0178 e. The van der Waals surface area contributed by atoms with Crippen LogP contribution in [0.3, 0.4) is 0 Å². The molecule has 0 amide bonds. The number of hydrogen-bond donors (Lipinski definition) is 0. The van der Waals surface area contributed by atoms with Crippen LogP contribution in [0.25, 0.3) is 33.0 Å². The molecule has 0 nitrogen and oxygen atoms in total. The van der Waals surface area contributed by atoms with Crippen LogP contribution >= 0.6 is 0 Å². The Labute approximate surface area is 194 Å². The molecule has 0 unspecified atom stereocenters. The summed E-state index contributed by atoms with van der Waals surface area (Å²) in [5.74, 6) is 0. The van der Waals surface area contributed by atoms with Gasteiger partial charge in [-0.05, 0) is 39.1 Å². The van der Waals surface area contributed by atoms with Gasteiger partial charge < -0.3 is 0 Å². The quantitative estimate of drug-likeness (QED) is 0.267. The predicted octanol–water partition coefficient (Wildman–Crippen LogP) is 9.91. The third-order valence-electron chi connectivity index (χ3n) is 4.74. The fourth-order valence-corrected chi connectivity index (χ4v) is 3.26. The Morgan fingerprint density at radius 3 is 1.06 bits per heavy atom. The lowest BCUT2D eigenvalue weighted by Gasteiger charge is -2.03. The summed E-state index contributed by atoms with van der Waals surface area (Å²) in [6, 6.07) is 46.3. The first-order valence-corrected chi connectivity index (χ1v) is 11.5. The molecule has 0 saturated carbocycles. The van der Waals surface area contributed by atoms with Crippen LogP contribution in [0.15, 0.2) is 133 Å². The van der Waals surface area contributed by atoms with Crippen LogP contribution in [0.2, 0.25) is 0 Å². The average molecular weight is 419 g/mol. The molecule has 0 saturated heterocycles. The molecular formula is C32H34. The standard InChI is InChI=1S/C16H12.C12H10.2C2H6/c1-2-6-13(7-3-1)16-11-10-14-8-4-5-9-15(14)12-16;1-3-7-11(8-4-1)12-9-5-2-6-10-12;2*1-2/h1-12H;1-10H;2*1-2H3. The zero-order valence-corrected chi connectivity index (χ0v) is 19.7. The van der Waals surface area contributed by atoms with E-state index in [4.69, 9.17) is 0 Å². The minimum atomic E-state index is 1.27. The van der Waals surface area contributed by atoms with Gasteiger partial charge in [0.15, 0.2) is 0 Å². The van der Waals surface area contributed by atoms with Gasteiger partial charge in [0, 0.05) is 0 Å². The molecular weight excluding hydrogens is 384 g/mol. The second-order valence-corrected chi connectivity index (χ2v) is 6.66. The Morgan fingerprint density at radius 1 is 0.281 bits per heavy atom. The Balaban J connectivity index is 0.000000203. The number of rotatable bonds is 2. The lowest BCUT2D eigenvalue weighted by Crippen LogP contribution is -1.77. The third kappa shape index (κ3) is 7.25. The molecule has 5 aromatic carbocycles. The minimum absolute atomic E-state index is 1.27. The van der Waals surface area contributed by atoms with Crippen LogP contribution < -0.4 is 0 Å². The van der Waals surface area contributed by atoms with E-state index in [1.807, 2.05) is 45.9 Å². The van der Waals surface area contributed by atoms with Gasteiger partial charge in [-0.3, -0.25) is 0 Å². The lowest BCUT2D eigenvalue weighted by molar-refractivity contribution is 1.50. The van der Waals surface area contributed by atoms with E-state index in [0.717, 1.165) is 0 Å². The van der Waals surface area contributed by atoms with Crippen molar-refractivity contribution in [1.29, 1.82) is 0 Å². The Kier molecular flexibility index (Phi) is 11.1. The SMILES string of the molecule is CC.CC.c1ccc(-c2ccc3ccccc3c2)cc1.c1ccc(-c2ccccc2)cc1. The van der Waals surface area contributed by atoms with E-state index in [9.17, 15) is 0 Å². The molecule has 0 aliphatic carbocycles. The van der Waals surface area contributed by atoms with Gasteiger partial charge in [-0.1, -0.05) is 155 Å². The maximum absolute atomic E-state index is 2.24. The first-order valence-electron chi connectivity index (χ1n) is 11.5. The molecule has 5 rings (SSSR count). The van der Waals surface area contributed by atoms with Gasteiger partial charge in [0.2, 0.25) is 0 Å². The number of benzene rings is 5. The second-order valence-electron chi connectivity index (χ2n) is 6.66. The highest BCUT2D eigenvalue weighted by atomic mass is 14.0. The van der Waals surface area contributed by atoms with Crippen molar-refractivity contribution in [2.24, 2.45) is 0 Å². The molecule has 0 aliphatic rings. The van der Waals surface area contributed by atoms with Crippen LogP contribution in [0.5, 0.6) is 0 Å². The molecule has 0 fully saturated rings. The van der Waals surface area contributed by atoms with Crippen LogP contribution in [-0.4, -0.2) is 0 Å². The van der Waals surface area contributed by atoms with Gasteiger partial charge >= 0.3 is 0 Å². The summed E-state index contributed by atoms with van der Waals surface area (Å²) in [5, 5.41) is 2.59. The summed E-state index contributed by atoms with van der Waals surface area (Å²) in [6.45, 7) is 8.00. The van der Waals surface area contributed by atoms with Crippen molar-refractivity contribution in [2.75, 3.05) is 0 Å². The highest BCUT2D eigenvalue weighted by Gasteiger charge is 1.98. The van der Waals surface area contributed by atoms with Crippen molar-refractivity contribution < 1.29 is 0 Å². The molecule has 162 valence electrons. The van der Waals surface area contributed by atoms with E-state index in [-0.39, 0.29) is 0 Å². The van der Waals surface area contributed by atoms with E-state index < -0.39 is 0 Å². The fourth-order valence-electron chi connectivity index (χ4n) is 3.26. The maximum atomic E-state index is 2.24. The monoisotopic (exact) mass is 418 g/mol. The van der Waals surface area contributed by atoms with Gasteiger partial charge in [-0.25, -0.2) is 0 Å². The molecule has 0 heteroatoms. The largest absolute Gasteiger partial charge is 0.0683 e. The van der Waals surface area contributed by atoms with E-state index in [2.05, 4.69) is 115 Å². The average Bonchev–Trinajstić information content (AvgIpc) is 2.92. The first-order chi connectivity index (χ1) is 15.9. The minimum Gasteiger partial charge on any atom is -0.0683 e. The van der Waals surface area contributed by atoms with Crippen molar-refractivity contribution >= 4 is 10.8 Å². The molecule has 0 spiro atoms. The molecule has 0 N–H and O–H groups in total. The Morgan fingerprint density at radius 2 is 0.625 bits per heavy atom. The zero-order chi connectivity index (χ0) is 23.0. The van der Waals surface area contributed by atoms with E-state index >= 15 is 0 Å². The van der Waals surface area contributed by atoms with Crippen molar-refractivity contribution in [3.05, 3.63) is 133 Å². The topological polar surface area (TPSA) is 0 Å². The van der Waals surface area contributed by atoms with E-state index in [1.165, 1.54) is 33.0 Å². The highest BCUT2D eigenvalue weighted by Crippen LogP contribution is 2.24. The van der Waals surface area contributed by atoms with Crippen molar-refractivity contribution in [3.63, 3.8) is 0 Å². The molecule has 0 radical (unpaired) electrons. The molecule has 0 aromatic heterocycles. The van der Waals surface area contributed by atoms with Crippen molar-refractivity contribution in [3.8, 4) is 22.3 Å². The zero-order valence-electron chi connectivity index (χ0n) is 19.7. The number of fused-ring (bicyclic) bond motifs is 1. The highest BCUT2D eigenvalue weighted by molar-refractivity contribution is 5.87. The van der Waals surface area contributed by atoms with Gasteiger partial charge in [0.1, 0.15) is 0 Å². The van der Waals surface area contributed by atoms with Crippen LogP contribution in [0, 0.1) is 0 Å². The van der Waals surface area contributed by atoms with Gasteiger partial charge in [0.05, 0.1) is 0 Å².